The van der Waals surface area contributed by atoms with Crippen LogP contribution in [-0.4, -0.2) is 21.1 Å². The fourth-order valence-electron chi connectivity index (χ4n) is 3.05. The van der Waals surface area contributed by atoms with Gasteiger partial charge in [-0.25, -0.2) is 4.98 Å². The maximum atomic E-state index is 12.9. The van der Waals surface area contributed by atoms with Crippen LogP contribution in [0.2, 0.25) is 0 Å². The van der Waals surface area contributed by atoms with E-state index in [-0.39, 0.29) is 18.2 Å². The molecule has 1 aliphatic rings. The summed E-state index contributed by atoms with van der Waals surface area (Å²) < 4.78 is 78.4. The van der Waals surface area contributed by atoms with Gasteiger partial charge in [-0.3, -0.25) is 4.98 Å². The average molecular weight is 378 g/mol. The zero-order valence-electron chi connectivity index (χ0n) is 13.5. The van der Waals surface area contributed by atoms with Gasteiger partial charge < -0.3 is 9.88 Å². The standard InChI is InChI=1S/C16H16F6N4/c17-15(18,19)11-2-1-5-24-12(11)7-23-6-10-3-4-14-25-13(16(20,21)22)9-26(14)8-10/h1-2,5,9-10,23H,3-4,6-8H2/t10-/m1/s1. The quantitative estimate of drug-likeness (QED) is 0.826. The Bertz CT molecular complexity index is 765. The Balaban J connectivity index is 1.58. The summed E-state index contributed by atoms with van der Waals surface area (Å²) in [7, 11) is 0. The lowest BCUT2D eigenvalue weighted by Gasteiger charge is -2.24. The van der Waals surface area contributed by atoms with Gasteiger partial charge in [0.05, 0.1) is 11.3 Å². The van der Waals surface area contributed by atoms with Gasteiger partial charge in [0.15, 0.2) is 5.69 Å². The molecule has 0 aromatic carbocycles. The van der Waals surface area contributed by atoms with Gasteiger partial charge in [-0.05, 0) is 24.5 Å². The Morgan fingerprint density at radius 1 is 1.15 bits per heavy atom. The molecule has 3 rings (SSSR count). The second-order valence-corrected chi connectivity index (χ2v) is 6.22. The zero-order valence-corrected chi connectivity index (χ0v) is 13.5. The molecule has 2 aromatic heterocycles. The van der Waals surface area contributed by atoms with Gasteiger partial charge in [0.2, 0.25) is 0 Å². The molecule has 0 radical (unpaired) electrons. The number of hydrogen-bond donors (Lipinski definition) is 1. The Morgan fingerprint density at radius 3 is 2.62 bits per heavy atom. The molecule has 3 heterocycles. The lowest BCUT2D eigenvalue weighted by molar-refractivity contribution is -0.141. The van der Waals surface area contributed by atoms with E-state index in [1.165, 1.54) is 16.8 Å². The summed E-state index contributed by atoms with van der Waals surface area (Å²) in [5, 5.41) is 2.93. The predicted molar refractivity (Wildman–Crippen MR) is 80.0 cm³/mol. The van der Waals surface area contributed by atoms with Crippen molar-refractivity contribution in [1.29, 1.82) is 0 Å². The molecule has 1 aliphatic heterocycles. The van der Waals surface area contributed by atoms with Crippen LogP contribution >= 0.6 is 0 Å². The van der Waals surface area contributed by atoms with Crippen molar-refractivity contribution in [3.05, 3.63) is 47.3 Å². The van der Waals surface area contributed by atoms with E-state index in [1.54, 1.807) is 0 Å². The number of fused-ring (bicyclic) bond motifs is 1. The minimum absolute atomic E-state index is 0.0100. The smallest absolute Gasteiger partial charge is 0.334 e. The Morgan fingerprint density at radius 2 is 1.92 bits per heavy atom. The van der Waals surface area contributed by atoms with Crippen molar-refractivity contribution in [2.75, 3.05) is 6.54 Å². The summed E-state index contributed by atoms with van der Waals surface area (Å²) in [6.07, 6.45) is -5.65. The van der Waals surface area contributed by atoms with Gasteiger partial charge in [0.25, 0.3) is 0 Å². The van der Waals surface area contributed by atoms with E-state index in [1.807, 2.05) is 0 Å². The van der Waals surface area contributed by atoms with Crippen molar-refractivity contribution in [3.63, 3.8) is 0 Å². The topological polar surface area (TPSA) is 42.7 Å². The lowest BCUT2D eigenvalue weighted by atomic mass is 9.99. The summed E-state index contributed by atoms with van der Waals surface area (Å²) in [5.74, 6) is 0.397. The monoisotopic (exact) mass is 378 g/mol. The van der Waals surface area contributed by atoms with Crippen LogP contribution in [-0.2, 0) is 31.9 Å². The van der Waals surface area contributed by atoms with Gasteiger partial charge in [0.1, 0.15) is 5.82 Å². The molecule has 2 aromatic rings. The van der Waals surface area contributed by atoms with Gasteiger partial charge in [-0.2, -0.15) is 26.3 Å². The first-order valence-electron chi connectivity index (χ1n) is 7.99. The highest BCUT2D eigenvalue weighted by Gasteiger charge is 2.36. The van der Waals surface area contributed by atoms with Crippen LogP contribution in [0, 0.1) is 5.92 Å². The number of aryl methyl sites for hydroxylation is 1. The van der Waals surface area contributed by atoms with Gasteiger partial charge in [-0.1, -0.05) is 0 Å². The number of halogens is 6. The first kappa shape index (κ1) is 18.7. The number of nitrogens with zero attached hydrogens (tertiary/aromatic N) is 3. The third-order valence-corrected chi connectivity index (χ3v) is 4.30. The second-order valence-electron chi connectivity index (χ2n) is 6.22. The van der Waals surface area contributed by atoms with Crippen molar-refractivity contribution < 1.29 is 26.3 Å². The largest absolute Gasteiger partial charge is 0.434 e. The molecule has 1 N–H and O–H groups in total. The molecule has 1 atom stereocenters. The molecule has 0 bridgehead atoms. The highest BCUT2D eigenvalue weighted by molar-refractivity contribution is 5.22. The maximum absolute atomic E-state index is 12.9. The first-order chi connectivity index (χ1) is 12.1. The molecule has 4 nitrogen and oxygen atoms in total. The fourth-order valence-corrected chi connectivity index (χ4v) is 3.05. The van der Waals surface area contributed by atoms with E-state index in [9.17, 15) is 26.3 Å². The number of hydrogen-bond acceptors (Lipinski definition) is 3. The van der Waals surface area contributed by atoms with Crippen molar-refractivity contribution in [2.45, 2.75) is 38.3 Å². The molecule has 10 heteroatoms. The highest BCUT2D eigenvalue weighted by atomic mass is 19.4. The minimum Gasteiger partial charge on any atom is -0.334 e. The Kier molecular flexibility index (Phi) is 4.96. The minimum atomic E-state index is -4.48. The normalized spacial score (nSPS) is 18.0. The van der Waals surface area contributed by atoms with Crippen molar-refractivity contribution in [1.82, 2.24) is 19.9 Å². The van der Waals surface area contributed by atoms with Gasteiger partial charge >= 0.3 is 12.4 Å². The molecular formula is C16H16F6N4. The first-order valence-corrected chi connectivity index (χ1v) is 7.99. The summed E-state index contributed by atoms with van der Waals surface area (Å²) in [6.45, 7) is 0.670. The molecule has 0 spiro atoms. The van der Waals surface area contributed by atoms with E-state index in [4.69, 9.17) is 0 Å². The number of nitrogens with one attached hydrogen (secondary N) is 1. The zero-order chi connectivity index (χ0) is 18.9. The van der Waals surface area contributed by atoms with Gasteiger partial charge in [-0.15, -0.1) is 0 Å². The van der Waals surface area contributed by atoms with Gasteiger partial charge in [0, 0.05) is 38.4 Å². The third-order valence-electron chi connectivity index (χ3n) is 4.30. The van der Waals surface area contributed by atoms with Crippen molar-refractivity contribution in [3.8, 4) is 0 Å². The third kappa shape index (κ3) is 4.17. The number of alkyl halides is 6. The van der Waals surface area contributed by atoms with E-state index in [0.29, 0.717) is 31.8 Å². The second kappa shape index (κ2) is 6.90. The van der Waals surface area contributed by atoms with Crippen LogP contribution in [0.1, 0.15) is 29.2 Å². The number of imidazole rings is 1. The van der Waals surface area contributed by atoms with Crippen LogP contribution in [0.25, 0.3) is 0 Å². The molecule has 0 amide bonds. The Labute approximate surface area is 145 Å². The van der Waals surface area contributed by atoms with E-state index < -0.39 is 23.6 Å². The number of pyridine rings is 1. The molecule has 142 valence electrons. The number of rotatable bonds is 4. The van der Waals surface area contributed by atoms with Crippen LogP contribution in [0.4, 0.5) is 26.3 Å². The summed E-state index contributed by atoms with van der Waals surface area (Å²) in [6, 6.07) is 2.20. The maximum Gasteiger partial charge on any atom is 0.434 e. The summed E-state index contributed by atoms with van der Waals surface area (Å²) >= 11 is 0. The molecule has 0 saturated heterocycles. The van der Waals surface area contributed by atoms with E-state index in [2.05, 4.69) is 15.3 Å². The van der Waals surface area contributed by atoms with Crippen LogP contribution in [0.15, 0.2) is 24.5 Å². The molecule has 0 unspecified atom stereocenters. The predicted octanol–water partition coefficient (Wildman–Crippen LogP) is 3.67. The summed E-state index contributed by atoms with van der Waals surface area (Å²) in [4.78, 5) is 7.38. The van der Waals surface area contributed by atoms with E-state index in [0.717, 1.165) is 12.3 Å². The van der Waals surface area contributed by atoms with Crippen LogP contribution in [0.5, 0.6) is 0 Å². The van der Waals surface area contributed by atoms with Crippen molar-refractivity contribution >= 4 is 0 Å². The van der Waals surface area contributed by atoms with Crippen molar-refractivity contribution in [2.24, 2.45) is 5.92 Å². The van der Waals surface area contributed by atoms with Crippen LogP contribution in [0.3, 0.4) is 0 Å². The average Bonchev–Trinajstić information content (AvgIpc) is 2.98. The summed E-state index contributed by atoms with van der Waals surface area (Å²) in [5.41, 5.74) is -1.80. The SMILES string of the molecule is FC(F)(F)c1cn2c(n1)CC[C@H](CNCc1ncccc1C(F)(F)F)C2. The lowest BCUT2D eigenvalue weighted by Crippen LogP contribution is -2.30. The highest BCUT2D eigenvalue weighted by Crippen LogP contribution is 2.32. The molecule has 0 aliphatic carbocycles. The fraction of sp³-hybridized carbons (Fsp3) is 0.500. The molecule has 26 heavy (non-hydrogen) atoms. The molecule has 0 fully saturated rings. The number of aromatic nitrogens is 3. The van der Waals surface area contributed by atoms with E-state index >= 15 is 0 Å². The molecule has 0 saturated carbocycles. The van der Waals surface area contributed by atoms with Crippen LogP contribution < -0.4 is 5.32 Å². The Hall–Kier alpha value is -2.10. The molecular weight excluding hydrogens is 362 g/mol.